The quantitative estimate of drug-likeness (QED) is 0.530. The van der Waals surface area contributed by atoms with E-state index in [-0.39, 0.29) is 5.56 Å². The van der Waals surface area contributed by atoms with Crippen LogP contribution < -0.4 is 11.3 Å². The zero-order chi connectivity index (χ0) is 10.1. The first kappa shape index (κ1) is 9.01. The van der Waals surface area contributed by atoms with Crippen LogP contribution in [0.5, 0.6) is 0 Å². The topological polar surface area (TPSA) is 84.7 Å². The third kappa shape index (κ3) is 1.44. The Labute approximate surface area is 83.8 Å². The molecule has 0 aliphatic carbocycles. The Balaban J connectivity index is 2.82. The Morgan fingerprint density at radius 1 is 1.57 bits per heavy atom. The molecule has 0 fully saturated rings. The van der Waals surface area contributed by atoms with Crippen LogP contribution in [0.25, 0.3) is 11.0 Å². The van der Waals surface area contributed by atoms with E-state index in [4.69, 9.17) is 5.73 Å². The van der Waals surface area contributed by atoms with Crippen LogP contribution in [-0.4, -0.2) is 21.2 Å². The van der Waals surface area contributed by atoms with Gasteiger partial charge in [0.1, 0.15) is 5.65 Å². The molecule has 5 nitrogen and oxygen atoms in total. The minimum Gasteiger partial charge on any atom is -0.398 e. The first-order valence-electron chi connectivity index (χ1n) is 3.90. The Hall–Kier alpha value is -1.56. The smallest absolute Gasteiger partial charge is 0.251 e. The van der Waals surface area contributed by atoms with Crippen molar-refractivity contribution in [2.45, 2.75) is 5.16 Å². The molecule has 0 saturated heterocycles. The van der Waals surface area contributed by atoms with Crippen molar-refractivity contribution < 1.29 is 0 Å². The van der Waals surface area contributed by atoms with E-state index < -0.39 is 0 Å². The van der Waals surface area contributed by atoms with Crippen molar-refractivity contribution in [2.75, 3.05) is 12.0 Å². The predicted octanol–water partition coefficient (Wildman–Crippen LogP) is 0.622. The summed E-state index contributed by atoms with van der Waals surface area (Å²) in [7, 11) is 0. The number of aromatic amines is 1. The fourth-order valence-corrected chi connectivity index (χ4v) is 1.48. The molecule has 2 rings (SSSR count). The molecule has 0 saturated carbocycles. The van der Waals surface area contributed by atoms with Gasteiger partial charge in [-0.1, -0.05) is 11.8 Å². The maximum Gasteiger partial charge on any atom is 0.251 e. The zero-order valence-corrected chi connectivity index (χ0v) is 8.26. The number of pyridine rings is 1. The van der Waals surface area contributed by atoms with Crippen LogP contribution in [0, 0.1) is 0 Å². The third-order valence-electron chi connectivity index (χ3n) is 1.79. The summed E-state index contributed by atoms with van der Waals surface area (Å²) in [4.78, 5) is 21.9. The monoisotopic (exact) mass is 208 g/mol. The van der Waals surface area contributed by atoms with E-state index in [0.29, 0.717) is 21.9 Å². The lowest BCUT2D eigenvalue weighted by atomic mass is 10.3. The second kappa shape index (κ2) is 3.30. The maximum absolute atomic E-state index is 11.1. The maximum atomic E-state index is 11.1. The molecule has 72 valence electrons. The lowest BCUT2D eigenvalue weighted by Gasteiger charge is -2.00. The highest BCUT2D eigenvalue weighted by molar-refractivity contribution is 7.98. The summed E-state index contributed by atoms with van der Waals surface area (Å²) < 4.78 is 0. The first-order chi connectivity index (χ1) is 6.70. The second-order valence-electron chi connectivity index (χ2n) is 2.71. The van der Waals surface area contributed by atoms with E-state index in [1.165, 1.54) is 17.8 Å². The zero-order valence-electron chi connectivity index (χ0n) is 7.44. The molecule has 0 amide bonds. The lowest BCUT2D eigenvalue weighted by molar-refractivity contribution is 0.988. The van der Waals surface area contributed by atoms with Gasteiger partial charge in [-0.15, -0.1) is 0 Å². The first-order valence-corrected chi connectivity index (χ1v) is 5.12. The molecule has 0 spiro atoms. The second-order valence-corrected chi connectivity index (χ2v) is 3.48. The molecule has 2 aromatic rings. The fraction of sp³-hybridized carbons (Fsp3) is 0.125. The minimum atomic E-state index is -0.249. The molecule has 0 atom stereocenters. The van der Waals surface area contributed by atoms with Gasteiger partial charge in [0.05, 0.1) is 5.39 Å². The number of nitrogen functional groups attached to an aromatic ring is 1. The van der Waals surface area contributed by atoms with E-state index in [1.807, 2.05) is 6.26 Å². The van der Waals surface area contributed by atoms with Crippen molar-refractivity contribution in [3.8, 4) is 0 Å². The summed E-state index contributed by atoms with van der Waals surface area (Å²) >= 11 is 1.41. The molecular formula is C8H8N4OS. The van der Waals surface area contributed by atoms with Crippen molar-refractivity contribution in [1.82, 2.24) is 15.0 Å². The van der Waals surface area contributed by atoms with Crippen LogP contribution in [0.4, 0.5) is 5.69 Å². The molecule has 0 aliphatic heterocycles. The molecule has 0 bridgehead atoms. The molecule has 0 aromatic carbocycles. The lowest BCUT2D eigenvalue weighted by Crippen LogP contribution is -2.07. The van der Waals surface area contributed by atoms with Gasteiger partial charge in [0.25, 0.3) is 5.56 Å². The summed E-state index contributed by atoms with van der Waals surface area (Å²) in [6.45, 7) is 0. The number of hydrogen-bond acceptors (Lipinski definition) is 5. The van der Waals surface area contributed by atoms with Gasteiger partial charge in [0.2, 0.25) is 0 Å². The summed E-state index contributed by atoms with van der Waals surface area (Å²) in [6, 6.07) is 1.32. The van der Waals surface area contributed by atoms with E-state index in [9.17, 15) is 4.79 Å². The SMILES string of the molecule is CSc1ncc2c(N)cc(=O)[nH]c2n1. The van der Waals surface area contributed by atoms with Crippen molar-refractivity contribution in [3.63, 3.8) is 0 Å². The van der Waals surface area contributed by atoms with Crippen molar-refractivity contribution in [3.05, 3.63) is 22.6 Å². The number of hydrogen-bond donors (Lipinski definition) is 2. The molecule has 0 aliphatic rings. The normalized spacial score (nSPS) is 10.6. The molecule has 14 heavy (non-hydrogen) atoms. The highest BCUT2D eigenvalue weighted by Gasteiger charge is 2.03. The van der Waals surface area contributed by atoms with E-state index in [0.717, 1.165) is 0 Å². The number of thioether (sulfide) groups is 1. The minimum absolute atomic E-state index is 0.249. The third-order valence-corrected chi connectivity index (χ3v) is 2.35. The Bertz CT molecular complexity index is 536. The molecule has 2 heterocycles. The van der Waals surface area contributed by atoms with Crippen LogP contribution in [-0.2, 0) is 0 Å². The van der Waals surface area contributed by atoms with E-state index in [1.54, 1.807) is 6.20 Å². The van der Waals surface area contributed by atoms with Gasteiger partial charge in [-0.05, 0) is 6.26 Å². The summed E-state index contributed by atoms with van der Waals surface area (Å²) in [5.74, 6) is 0. The molecule has 6 heteroatoms. The van der Waals surface area contributed by atoms with Crippen LogP contribution in [0.3, 0.4) is 0 Å². The largest absolute Gasteiger partial charge is 0.398 e. The average Bonchev–Trinajstić information content (AvgIpc) is 2.16. The summed E-state index contributed by atoms with van der Waals surface area (Å²) in [6.07, 6.45) is 3.48. The van der Waals surface area contributed by atoms with E-state index >= 15 is 0 Å². The number of nitrogens with two attached hydrogens (primary N) is 1. The highest BCUT2D eigenvalue weighted by atomic mass is 32.2. The average molecular weight is 208 g/mol. The van der Waals surface area contributed by atoms with Crippen molar-refractivity contribution in [2.24, 2.45) is 0 Å². The summed E-state index contributed by atoms with van der Waals surface area (Å²) in [5.41, 5.74) is 6.27. The number of rotatable bonds is 1. The van der Waals surface area contributed by atoms with Gasteiger partial charge in [-0.25, -0.2) is 9.97 Å². The van der Waals surface area contributed by atoms with Gasteiger partial charge in [-0.3, -0.25) is 4.79 Å². The molecule has 0 unspecified atom stereocenters. The number of nitrogens with zero attached hydrogens (tertiary/aromatic N) is 2. The summed E-state index contributed by atoms with van der Waals surface area (Å²) in [5, 5.41) is 1.28. The van der Waals surface area contributed by atoms with Crippen LogP contribution in [0.2, 0.25) is 0 Å². The molecular weight excluding hydrogens is 200 g/mol. The number of anilines is 1. The number of aromatic nitrogens is 3. The Morgan fingerprint density at radius 2 is 2.36 bits per heavy atom. The van der Waals surface area contributed by atoms with E-state index in [2.05, 4.69) is 15.0 Å². The Kier molecular flexibility index (Phi) is 2.12. The van der Waals surface area contributed by atoms with Gasteiger partial charge in [0.15, 0.2) is 5.16 Å². The van der Waals surface area contributed by atoms with Gasteiger partial charge < -0.3 is 10.7 Å². The van der Waals surface area contributed by atoms with Gasteiger partial charge in [0, 0.05) is 18.0 Å². The van der Waals surface area contributed by atoms with Crippen molar-refractivity contribution in [1.29, 1.82) is 0 Å². The molecule has 2 aromatic heterocycles. The van der Waals surface area contributed by atoms with Crippen LogP contribution in [0.15, 0.2) is 22.2 Å². The Morgan fingerprint density at radius 3 is 3.07 bits per heavy atom. The highest BCUT2D eigenvalue weighted by Crippen LogP contribution is 2.16. The van der Waals surface area contributed by atoms with Crippen molar-refractivity contribution >= 4 is 28.5 Å². The fourth-order valence-electron chi connectivity index (χ4n) is 1.14. The standard InChI is InChI=1S/C8H8N4OS/c1-14-8-10-3-4-5(9)2-6(13)11-7(4)12-8/h2-3H,1H3,(H3,9,10,11,12,13). The number of fused-ring (bicyclic) bond motifs is 1. The van der Waals surface area contributed by atoms with Gasteiger partial charge >= 0.3 is 0 Å². The van der Waals surface area contributed by atoms with Crippen LogP contribution in [0.1, 0.15) is 0 Å². The van der Waals surface area contributed by atoms with Gasteiger partial charge in [-0.2, -0.15) is 0 Å². The molecule has 0 radical (unpaired) electrons. The molecule has 3 N–H and O–H groups in total. The van der Waals surface area contributed by atoms with Crippen LogP contribution >= 0.6 is 11.8 Å². The number of nitrogens with one attached hydrogen (secondary N) is 1. The predicted molar refractivity (Wildman–Crippen MR) is 56.4 cm³/mol. The number of H-pyrrole nitrogens is 1.